The number of ether oxygens (including phenoxy) is 2. The summed E-state index contributed by atoms with van der Waals surface area (Å²) in [4.78, 5) is 25.5. The normalized spacial score (nSPS) is 11.4. The second kappa shape index (κ2) is 8.74. The van der Waals surface area contributed by atoms with Crippen LogP contribution < -0.4 is 4.74 Å². The van der Waals surface area contributed by atoms with Gasteiger partial charge in [0.2, 0.25) is 0 Å². The molecule has 2 aromatic carbocycles. The molecule has 0 amide bonds. The Morgan fingerprint density at radius 1 is 0.962 bits per heavy atom. The highest BCUT2D eigenvalue weighted by Crippen LogP contribution is 2.40. The van der Waals surface area contributed by atoms with Crippen molar-refractivity contribution in [2.75, 3.05) is 6.61 Å². The van der Waals surface area contributed by atoms with Crippen molar-refractivity contribution in [3.8, 4) is 5.75 Å². The highest BCUT2D eigenvalue weighted by Gasteiger charge is 2.46. The molecule has 0 unspecified atom stereocenters. The van der Waals surface area contributed by atoms with Gasteiger partial charge in [-0.15, -0.1) is 0 Å². The van der Waals surface area contributed by atoms with Gasteiger partial charge in [0.15, 0.2) is 11.2 Å². The largest absolute Gasteiger partial charge is 0.465 e. The lowest BCUT2D eigenvalue weighted by Gasteiger charge is -2.27. The molecular formula is C20H22Cl2O4. The van der Waals surface area contributed by atoms with Crippen LogP contribution in [0, 0.1) is 5.41 Å². The Kier molecular flexibility index (Phi) is 6.90. The first-order valence-corrected chi connectivity index (χ1v) is 9.43. The van der Waals surface area contributed by atoms with Crippen molar-refractivity contribution in [3.05, 3.63) is 40.4 Å². The second-order valence-corrected chi connectivity index (χ2v) is 6.84. The van der Waals surface area contributed by atoms with Crippen molar-refractivity contribution in [1.82, 2.24) is 0 Å². The van der Waals surface area contributed by atoms with Crippen LogP contribution in [0.4, 0.5) is 0 Å². The Hall–Kier alpha value is -1.78. The summed E-state index contributed by atoms with van der Waals surface area (Å²) in [6, 6.07) is 8.74. The van der Waals surface area contributed by atoms with E-state index in [4.69, 9.17) is 32.7 Å². The fourth-order valence-electron chi connectivity index (χ4n) is 2.81. The summed E-state index contributed by atoms with van der Waals surface area (Å²) in [5, 5.41) is 2.00. The smallest absolute Gasteiger partial charge is 0.328 e. The summed E-state index contributed by atoms with van der Waals surface area (Å²) in [6.45, 7) is 5.68. The molecule has 140 valence electrons. The van der Waals surface area contributed by atoms with E-state index in [1.165, 1.54) is 6.07 Å². The van der Waals surface area contributed by atoms with Crippen LogP contribution in [-0.4, -0.2) is 18.5 Å². The number of esters is 2. The van der Waals surface area contributed by atoms with E-state index < -0.39 is 17.4 Å². The van der Waals surface area contributed by atoms with E-state index >= 15 is 0 Å². The first-order chi connectivity index (χ1) is 12.4. The number of fused-ring (bicyclic) bond motifs is 1. The van der Waals surface area contributed by atoms with Crippen LogP contribution >= 0.6 is 23.2 Å². The van der Waals surface area contributed by atoms with Crippen LogP contribution in [0.15, 0.2) is 30.3 Å². The average molecular weight is 397 g/mol. The maximum absolute atomic E-state index is 13.0. The molecule has 0 N–H and O–H groups in total. The number of hydrogen-bond acceptors (Lipinski definition) is 4. The van der Waals surface area contributed by atoms with E-state index in [0.29, 0.717) is 22.2 Å². The van der Waals surface area contributed by atoms with Crippen LogP contribution in [0.1, 0.15) is 40.0 Å². The van der Waals surface area contributed by atoms with Crippen LogP contribution in [0.2, 0.25) is 10.0 Å². The fourth-order valence-corrected chi connectivity index (χ4v) is 3.39. The first kappa shape index (κ1) is 20.5. The molecular weight excluding hydrogens is 375 g/mol. The van der Waals surface area contributed by atoms with Gasteiger partial charge in [0.1, 0.15) is 0 Å². The number of benzene rings is 2. The molecule has 6 heteroatoms. The molecule has 0 aliphatic rings. The monoisotopic (exact) mass is 396 g/mol. The molecule has 2 aromatic rings. The molecule has 0 saturated heterocycles. The summed E-state index contributed by atoms with van der Waals surface area (Å²) in [5.74, 6) is -1.03. The Bertz CT molecular complexity index is 813. The van der Waals surface area contributed by atoms with Crippen LogP contribution in [0.5, 0.6) is 5.75 Å². The summed E-state index contributed by atoms with van der Waals surface area (Å²) in [5.41, 5.74) is -1.36. The molecule has 0 heterocycles. The summed E-state index contributed by atoms with van der Waals surface area (Å²) in [6.07, 6.45) is 1.22. The summed E-state index contributed by atoms with van der Waals surface area (Å²) < 4.78 is 10.9. The van der Waals surface area contributed by atoms with E-state index in [-0.39, 0.29) is 30.2 Å². The second-order valence-electron chi connectivity index (χ2n) is 6.03. The Morgan fingerprint density at radius 2 is 1.58 bits per heavy atom. The minimum absolute atomic E-state index is 0.200. The zero-order chi connectivity index (χ0) is 19.3. The molecule has 0 fully saturated rings. The third-order valence-electron chi connectivity index (χ3n) is 4.52. The van der Waals surface area contributed by atoms with Gasteiger partial charge >= 0.3 is 11.9 Å². The van der Waals surface area contributed by atoms with Crippen molar-refractivity contribution in [2.24, 2.45) is 5.41 Å². The maximum atomic E-state index is 13.0. The maximum Gasteiger partial charge on any atom is 0.328 e. The zero-order valence-electron chi connectivity index (χ0n) is 15.1. The topological polar surface area (TPSA) is 52.6 Å². The Morgan fingerprint density at radius 3 is 2.15 bits per heavy atom. The summed E-state index contributed by atoms with van der Waals surface area (Å²) in [7, 11) is 0. The number of hydrogen-bond donors (Lipinski definition) is 0. The van der Waals surface area contributed by atoms with E-state index in [0.717, 1.165) is 0 Å². The predicted octanol–water partition coefficient (Wildman–Crippen LogP) is 5.81. The molecule has 0 aliphatic heterocycles. The van der Waals surface area contributed by atoms with E-state index in [2.05, 4.69) is 0 Å². The van der Waals surface area contributed by atoms with E-state index in [1.54, 1.807) is 26.0 Å². The molecule has 0 bridgehead atoms. The SMILES string of the molecule is CCCOC(=O)C(CC)(CC)C(=O)Oc1c(Cl)cc(Cl)c2ccccc12. The van der Waals surface area contributed by atoms with Crippen LogP contribution in [-0.2, 0) is 14.3 Å². The first-order valence-electron chi connectivity index (χ1n) is 8.67. The lowest BCUT2D eigenvalue weighted by atomic mass is 9.82. The van der Waals surface area contributed by atoms with E-state index in [9.17, 15) is 9.59 Å². The highest BCUT2D eigenvalue weighted by molar-refractivity contribution is 6.40. The fraction of sp³-hybridized carbons (Fsp3) is 0.400. The van der Waals surface area contributed by atoms with Gasteiger partial charge in [0.05, 0.1) is 16.7 Å². The molecule has 2 rings (SSSR count). The molecule has 0 saturated carbocycles. The molecule has 0 aromatic heterocycles. The van der Waals surface area contributed by atoms with Crippen molar-refractivity contribution < 1.29 is 19.1 Å². The van der Waals surface area contributed by atoms with Gasteiger partial charge < -0.3 is 9.47 Å². The highest BCUT2D eigenvalue weighted by atomic mass is 35.5. The van der Waals surface area contributed by atoms with Crippen molar-refractivity contribution in [2.45, 2.75) is 40.0 Å². The zero-order valence-corrected chi connectivity index (χ0v) is 16.6. The number of carbonyl (C=O) groups excluding carboxylic acids is 2. The quantitative estimate of drug-likeness (QED) is 0.336. The van der Waals surface area contributed by atoms with Gasteiger partial charge in [-0.1, -0.05) is 68.2 Å². The Labute approximate surface area is 163 Å². The third kappa shape index (κ3) is 3.81. The molecule has 0 spiro atoms. The van der Waals surface area contributed by atoms with Crippen molar-refractivity contribution in [1.29, 1.82) is 0 Å². The van der Waals surface area contributed by atoms with Gasteiger partial charge in [0.25, 0.3) is 0 Å². The molecule has 0 atom stereocenters. The van der Waals surface area contributed by atoms with E-state index in [1.807, 2.05) is 19.1 Å². The Balaban J connectivity index is 2.44. The minimum atomic E-state index is -1.36. The third-order valence-corrected chi connectivity index (χ3v) is 5.11. The van der Waals surface area contributed by atoms with Gasteiger partial charge in [-0.25, -0.2) is 0 Å². The average Bonchev–Trinajstić information content (AvgIpc) is 2.64. The molecule has 0 radical (unpaired) electrons. The minimum Gasteiger partial charge on any atom is -0.465 e. The van der Waals surface area contributed by atoms with Crippen LogP contribution in [0.25, 0.3) is 10.8 Å². The molecule has 0 aliphatic carbocycles. The van der Waals surface area contributed by atoms with Gasteiger partial charge in [-0.3, -0.25) is 9.59 Å². The van der Waals surface area contributed by atoms with Gasteiger partial charge in [-0.05, 0) is 25.3 Å². The van der Waals surface area contributed by atoms with Crippen molar-refractivity contribution >= 4 is 45.9 Å². The molecule has 4 nitrogen and oxygen atoms in total. The van der Waals surface area contributed by atoms with Crippen LogP contribution in [0.3, 0.4) is 0 Å². The number of rotatable bonds is 7. The lowest BCUT2D eigenvalue weighted by Crippen LogP contribution is -2.42. The number of carbonyl (C=O) groups is 2. The van der Waals surface area contributed by atoms with Gasteiger partial charge in [0, 0.05) is 10.8 Å². The lowest BCUT2D eigenvalue weighted by molar-refractivity contribution is -0.168. The summed E-state index contributed by atoms with van der Waals surface area (Å²) >= 11 is 12.5. The van der Waals surface area contributed by atoms with Crippen molar-refractivity contribution in [3.63, 3.8) is 0 Å². The molecule has 26 heavy (non-hydrogen) atoms. The van der Waals surface area contributed by atoms with Gasteiger partial charge in [-0.2, -0.15) is 0 Å². The standard InChI is InChI=1S/C20H22Cl2O4/c1-4-11-25-18(23)20(5-2,6-3)19(24)26-17-14-10-8-7-9-13(14)15(21)12-16(17)22/h7-10,12H,4-6,11H2,1-3H3. The number of halogens is 2. The predicted molar refractivity (Wildman–Crippen MR) is 104 cm³/mol.